The van der Waals surface area contributed by atoms with Crippen LogP contribution in [0.15, 0.2) is 36.4 Å². The van der Waals surface area contributed by atoms with Crippen LogP contribution in [-0.4, -0.2) is 0 Å². The fraction of sp³-hybridized carbons (Fsp3) is 0. The van der Waals surface area contributed by atoms with Gasteiger partial charge in [-0.2, -0.15) is 0 Å². The maximum Gasteiger partial charge on any atom is 0.142 e. The first-order valence-corrected chi connectivity index (χ1v) is 5.24. The third-order valence-corrected chi connectivity index (χ3v) is 2.94. The van der Waals surface area contributed by atoms with Gasteiger partial charge in [-0.05, 0) is 12.1 Å². The van der Waals surface area contributed by atoms with Crippen LogP contribution in [-0.2, 0) is 0 Å². The van der Waals surface area contributed by atoms with Crippen molar-refractivity contribution in [2.45, 2.75) is 0 Å². The van der Waals surface area contributed by atoms with Gasteiger partial charge < -0.3 is 0 Å². The summed E-state index contributed by atoms with van der Waals surface area (Å²) < 4.78 is 55.3. The van der Waals surface area contributed by atoms with Gasteiger partial charge in [0.1, 0.15) is 23.3 Å². The summed E-state index contributed by atoms with van der Waals surface area (Å²) in [6.07, 6.45) is 0. The summed E-state index contributed by atoms with van der Waals surface area (Å²) in [7, 11) is 0. The molecular weight excluding hydrogens is 244 g/mol. The molecule has 0 N–H and O–H groups in total. The molecule has 0 heterocycles. The van der Waals surface area contributed by atoms with Crippen molar-refractivity contribution < 1.29 is 17.6 Å². The molecule has 3 rings (SSSR count). The average Bonchev–Trinajstić information content (AvgIpc) is 2.35. The van der Waals surface area contributed by atoms with E-state index in [0.29, 0.717) is 0 Å². The van der Waals surface area contributed by atoms with Crippen LogP contribution in [0.3, 0.4) is 0 Å². The molecule has 0 aliphatic carbocycles. The van der Waals surface area contributed by atoms with Gasteiger partial charge in [0.05, 0.1) is 10.8 Å². The first kappa shape index (κ1) is 11.0. The molecule has 3 aromatic carbocycles. The van der Waals surface area contributed by atoms with Crippen molar-refractivity contribution in [2.24, 2.45) is 0 Å². The second-order valence-electron chi connectivity index (χ2n) is 3.95. The Morgan fingerprint density at radius 2 is 0.944 bits per heavy atom. The van der Waals surface area contributed by atoms with Gasteiger partial charge in [-0.1, -0.05) is 24.3 Å². The van der Waals surface area contributed by atoms with E-state index < -0.39 is 34.0 Å². The Bertz CT molecular complexity index is 710. The van der Waals surface area contributed by atoms with Crippen molar-refractivity contribution in [3.63, 3.8) is 0 Å². The molecule has 0 atom stereocenters. The van der Waals surface area contributed by atoms with E-state index >= 15 is 0 Å². The highest BCUT2D eigenvalue weighted by atomic mass is 19.1. The highest BCUT2D eigenvalue weighted by molar-refractivity contribution is 6.00. The van der Waals surface area contributed by atoms with Gasteiger partial charge in [-0.25, -0.2) is 17.6 Å². The Morgan fingerprint density at radius 1 is 0.556 bits per heavy atom. The summed E-state index contributed by atoms with van der Waals surface area (Å²) in [4.78, 5) is 0. The molecule has 0 spiro atoms. The number of hydrogen-bond donors (Lipinski definition) is 0. The first-order chi connectivity index (χ1) is 8.61. The second-order valence-corrected chi connectivity index (χ2v) is 3.95. The summed E-state index contributed by atoms with van der Waals surface area (Å²) >= 11 is 0. The number of fused-ring (bicyclic) bond motifs is 2. The Hall–Kier alpha value is -2.10. The van der Waals surface area contributed by atoms with E-state index in [0.717, 1.165) is 12.1 Å². The second kappa shape index (κ2) is 3.70. The fourth-order valence-electron chi connectivity index (χ4n) is 2.13. The minimum Gasteiger partial charge on any atom is -0.206 e. The lowest BCUT2D eigenvalue weighted by Gasteiger charge is -2.08. The summed E-state index contributed by atoms with van der Waals surface area (Å²) in [6.45, 7) is 0. The molecule has 18 heavy (non-hydrogen) atoms. The molecule has 0 saturated heterocycles. The largest absolute Gasteiger partial charge is 0.206 e. The molecule has 0 radical (unpaired) electrons. The number of rotatable bonds is 0. The molecule has 0 unspecified atom stereocenters. The molecular formula is C14H6F4. The van der Waals surface area contributed by atoms with Crippen molar-refractivity contribution in [1.82, 2.24) is 0 Å². The van der Waals surface area contributed by atoms with Crippen molar-refractivity contribution in [1.29, 1.82) is 0 Å². The smallest absolute Gasteiger partial charge is 0.142 e. The first-order valence-electron chi connectivity index (χ1n) is 5.24. The van der Waals surface area contributed by atoms with Gasteiger partial charge in [0.15, 0.2) is 0 Å². The molecule has 0 aromatic heterocycles. The summed E-state index contributed by atoms with van der Waals surface area (Å²) in [5.41, 5.74) is 0. The number of hydrogen-bond acceptors (Lipinski definition) is 0. The molecule has 3 aromatic rings. The summed E-state index contributed by atoms with van der Waals surface area (Å²) in [5, 5.41) is -1.42. The van der Waals surface area contributed by atoms with Gasteiger partial charge in [-0.15, -0.1) is 0 Å². The van der Waals surface area contributed by atoms with E-state index in [1.54, 1.807) is 0 Å². The lowest BCUT2D eigenvalue weighted by Crippen LogP contribution is -1.94. The Morgan fingerprint density at radius 3 is 1.33 bits per heavy atom. The normalized spacial score (nSPS) is 11.3. The predicted molar refractivity (Wildman–Crippen MR) is 61.3 cm³/mol. The highest BCUT2D eigenvalue weighted by Crippen LogP contribution is 2.33. The zero-order valence-electron chi connectivity index (χ0n) is 8.98. The highest BCUT2D eigenvalue weighted by Gasteiger charge is 2.18. The van der Waals surface area contributed by atoms with Crippen LogP contribution >= 0.6 is 0 Å². The Kier molecular flexibility index (Phi) is 2.26. The van der Waals surface area contributed by atoms with Gasteiger partial charge >= 0.3 is 0 Å². The molecule has 0 fully saturated rings. The molecule has 90 valence electrons. The lowest BCUT2D eigenvalue weighted by atomic mass is 10.0. The molecule has 0 aliphatic rings. The molecule has 0 bridgehead atoms. The SMILES string of the molecule is Fc1cccc2c(F)c3c(F)cccc3c(F)c12. The van der Waals surface area contributed by atoms with Crippen molar-refractivity contribution in [2.75, 3.05) is 0 Å². The van der Waals surface area contributed by atoms with Crippen LogP contribution in [0, 0.1) is 23.3 Å². The van der Waals surface area contributed by atoms with Gasteiger partial charge in [-0.3, -0.25) is 0 Å². The molecule has 0 aliphatic heterocycles. The minimum absolute atomic E-state index is 0.259. The van der Waals surface area contributed by atoms with Crippen LogP contribution in [0.2, 0.25) is 0 Å². The molecule has 0 saturated carbocycles. The van der Waals surface area contributed by atoms with Crippen LogP contribution in [0.25, 0.3) is 21.5 Å². The van der Waals surface area contributed by atoms with Gasteiger partial charge in [0.25, 0.3) is 0 Å². The zero-order valence-corrected chi connectivity index (χ0v) is 8.98. The third kappa shape index (κ3) is 1.32. The van der Waals surface area contributed by atoms with E-state index in [-0.39, 0.29) is 10.8 Å². The van der Waals surface area contributed by atoms with Crippen molar-refractivity contribution in [3.8, 4) is 0 Å². The third-order valence-electron chi connectivity index (χ3n) is 2.94. The van der Waals surface area contributed by atoms with E-state index in [4.69, 9.17) is 0 Å². The van der Waals surface area contributed by atoms with Crippen molar-refractivity contribution in [3.05, 3.63) is 59.7 Å². The zero-order chi connectivity index (χ0) is 12.9. The van der Waals surface area contributed by atoms with Crippen LogP contribution in [0.4, 0.5) is 17.6 Å². The number of benzene rings is 3. The van der Waals surface area contributed by atoms with E-state index in [9.17, 15) is 17.6 Å². The quantitative estimate of drug-likeness (QED) is 0.405. The van der Waals surface area contributed by atoms with Crippen molar-refractivity contribution >= 4 is 21.5 Å². The number of halogens is 4. The lowest BCUT2D eigenvalue weighted by molar-refractivity contribution is 0.596. The Labute approximate surface area is 99.5 Å². The maximum atomic E-state index is 14.1. The minimum atomic E-state index is -0.945. The maximum absolute atomic E-state index is 14.1. The monoisotopic (exact) mass is 250 g/mol. The van der Waals surface area contributed by atoms with Crippen LogP contribution in [0.1, 0.15) is 0 Å². The van der Waals surface area contributed by atoms with E-state index in [2.05, 4.69) is 0 Å². The van der Waals surface area contributed by atoms with E-state index in [1.165, 1.54) is 24.3 Å². The standard InChI is InChI=1S/C14H6F4/c15-9-5-1-3-7-11(9)14(18)8-4-2-6-10(16)12(8)13(7)17/h1-6H. The van der Waals surface area contributed by atoms with Crippen LogP contribution in [0.5, 0.6) is 0 Å². The fourth-order valence-corrected chi connectivity index (χ4v) is 2.13. The molecule has 0 nitrogen and oxygen atoms in total. The van der Waals surface area contributed by atoms with E-state index in [1.807, 2.05) is 0 Å². The summed E-state index contributed by atoms with van der Waals surface area (Å²) in [6, 6.07) is 7.04. The Balaban J connectivity index is 2.70. The average molecular weight is 250 g/mol. The van der Waals surface area contributed by atoms with Crippen LogP contribution < -0.4 is 0 Å². The molecule has 4 heteroatoms. The predicted octanol–water partition coefficient (Wildman–Crippen LogP) is 4.55. The summed E-state index contributed by atoms with van der Waals surface area (Å²) in [5.74, 6) is -3.62. The van der Waals surface area contributed by atoms with Gasteiger partial charge in [0.2, 0.25) is 0 Å². The molecule has 0 amide bonds. The topological polar surface area (TPSA) is 0 Å². The van der Waals surface area contributed by atoms with Gasteiger partial charge in [0, 0.05) is 10.8 Å².